The number of nitrogens with zero attached hydrogens (tertiary/aromatic N) is 1. The number of aromatic amines is 1. The summed E-state index contributed by atoms with van der Waals surface area (Å²) in [5.41, 5.74) is 1.11. The number of hydrogen-bond acceptors (Lipinski definition) is 7. The van der Waals surface area contributed by atoms with Crippen molar-refractivity contribution in [3.05, 3.63) is 22.5 Å². The summed E-state index contributed by atoms with van der Waals surface area (Å²) in [4.78, 5) is 71.1. The molecular weight excluding hydrogens is 588 g/mol. The van der Waals surface area contributed by atoms with Crippen LogP contribution in [0.15, 0.2) is 0 Å². The Morgan fingerprint density at radius 1 is 1.00 bits per heavy atom. The van der Waals surface area contributed by atoms with Crippen LogP contribution in [-0.4, -0.2) is 84.7 Å². The molecule has 1 aliphatic carbocycles. The van der Waals surface area contributed by atoms with Gasteiger partial charge in [-0.2, -0.15) is 0 Å². The Morgan fingerprint density at radius 3 is 2.19 bits per heavy atom. The minimum absolute atomic E-state index is 0.133. The fourth-order valence-electron chi connectivity index (χ4n) is 6.57. The molecule has 4 rings (SSSR count). The van der Waals surface area contributed by atoms with Crippen LogP contribution in [0.25, 0.3) is 0 Å². The second-order valence-electron chi connectivity index (χ2n) is 13.3. The predicted molar refractivity (Wildman–Crippen MR) is 170 cm³/mol. The number of aliphatic carboxylic acids is 1. The van der Waals surface area contributed by atoms with Gasteiger partial charge in [0.15, 0.2) is 5.78 Å². The number of rotatable bonds is 8. The van der Waals surface area contributed by atoms with E-state index in [9.17, 15) is 29.1 Å². The van der Waals surface area contributed by atoms with E-state index in [1.807, 2.05) is 20.8 Å². The molecule has 2 saturated heterocycles. The minimum Gasteiger partial charge on any atom is -0.480 e. The lowest BCUT2D eigenvalue weighted by Crippen LogP contribution is -2.61. The lowest BCUT2D eigenvalue weighted by atomic mass is 9.82. The highest BCUT2D eigenvalue weighted by Gasteiger charge is 2.53. The SMILES string of the molecule is CC(=O)c1c(C(=O)NC(C(=O)NC(C(=O)N2CC3(CC2C(=O)O)SCCCS3)C(C)(C)C)C2CCCCC2)[nH]c(C)c1C. The number of carbonyl (C=O) groups is 5. The molecule has 0 radical (unpaired) electrons. The maximum absolute atomic E-state index is 14.2. The van der Waals surface area contributed by atoms with E-state index in [1.54, 1.807) is 37.4 Å². The monoisotopic (exact) mass is 634 g/mol. The van der Waals surface area contributed by atoms with Crippen molar-refractivity contribution >= 4 is 53.0 Å². The Labute approximate surface area is 262 Å². The molecule has 238 valence electrons. The number of carboxylic acids is 1. The van der Waals surface area contributed by atoms with E-state index in [0.29, 0.717) is 29.8 Å². The molecule has 0 aromatic carbocycles. The van der Waals surface area contributed by atoms with Gasteiger partial charge in [0, 0.05) is 18.7 Å². The summed E-state index contributed by atoms with van der Waals surface area (Å²) in [5, 5.41) is 16.0. The largest absolute Gasteiger partial charge is 0.480 e. The van der Waals surface area contributed by atoms with Crippen LogP contribution in [0.3, 0.4) is 0 Å². The van der Waals surface area contributed by atoms with Gasteiger partial charge in [0.1, 0.15) is 23.8 Å². The maximum atomic E-state index is 14.2. The summed E-state index contributed by atoms with van der Waals surface area (Å²) in [6.45, 7) is 10.8. The number of amides is 3. The molecule has 3 unspecified atom stereocenters. The first-order chi connectivity index (χ1) is 20.1. The molecule has 1 spiro atoms. The van der Waals surface area contributed by atoms with Gasteiger partial charge in [-0.05, 0) is 68.4 Å². The predicted octanol–water partition coefficient (Wildman–Crippen LogP) is 4.30. The van der Waals surface area contributed by atoms with Crippen molar-refractivity contribution in [3.63, 3.8) is 0 Å². The van der Waals surface area contributed by atoms with Gasteiger partial charge in [0.25, 0.3) is 5.91 Å². The molecule has 3 fully saturated rings. The van der Waals surface area contributed by atoms with E-state index >= 15 is 0 Å². The molecule has 12 heteroatoms. The molecule has 43 heavy (non-hydrogen) atoms. The number of thioether (sulfide) groups is 2. The molecule has 1 aromatic rings. The molecule has 2 aliphatic heterocycles. The smallest absolute Gasteiger partial charge is 0.326 e. The molecular formula is C31H46N4O6S2. The first kappa shape index (κ1) is 33.4. The molecule has 3 aliphatic rings. The Kier molecular flexibility index (Phi) is 10.3. The topological polar surface area (TPSA) is 149 Å². The van der Waals surface area contributed by atoms with Crippen molar-refractivity contribution < 1.29 is 29.1 Å². The zero-order chi connectivity index (χ0) is 31.7. The van der Waals surface area contributed by atoms with E-state index in [-0.39, 0.29) is 21.5 Å². The number of nitrogens with one attached hydrogen (secondary N) is 3. The van der Waals surface area contributed by atoms with Crippen LogP contribution in [-0.2, 0) is 14.4 Å². The summed E-state index contributed by atoms with van der Waals surface area (Å²) < 4.78 is -0.358. The first-order valence-corrected chi connectivity index (χ1v) is 17.2. The quantitative estimate of drug-likeness (QED) is 0.310. The van der Waals surface area contributed by atoms with Crippen LogP contribution in [0.4, 0.5) is 0 Å². The van der Waals surface area contributed by atoms with Crippen molar-refractivity contribution in [2.75, 3.05) is 18.1 Å². The standard InChI is InChI=1S/C31H46N4O6S2/c1-17-18(2)32-24(22(17)19(3)36)27(38)33-23(20-11-8-7-9-12-20)26(37)34-25(30(4,5)6)28(39)35-16-31(15-21(35)29(40)41)42-13-10-14-43-31/h20-21,23,25,32H,7-16H2,1-6H3,(H,33,38)(H,34,37)(H,40,41). The average molecular weight is 635 g/mol. The van der Waals surface area contributed by atoms with E-state index in [0.717, 1.165) is 50.0 Å². The third kappa shape index (κ3) is 7.27. The Bertz CT molecular complexity index is 1260. The highest BCUT2D eigenvalue weighted by atomic mass is 32.2. The van der Waals surface area contributed by atoms with Crippen LogP contribution in [0, 0.1) is 25.2 Å². The number of ketones is 1. The van der Waals surface area contributed by atoms with Crippen molar-refractivity contribution in [3.8, 4) is 0 Å². The van der Waals surface area contributed by atoms with Crippen molar-refractivity contribution in [2.24, 2.45) is 11.3 Å². The Morgan fingerprint density at radius 2 is 1.63 bits per heavy atom. The molecule has 3 atom stereocenters. The van der Waals surface area contributed by atoms with E-state index in [4.69, 9.17) is 0 Å². The number of carbonyl (C=O) groups excluding carboxylic acids is 4. The molecule has 0 bridgehead atoms. The number of carboxylic acid groups (broad SMARTS) is 1. The summed E-state index contributed by atoms with van der Waals surface area (Å²) in [6.07, 6.45) is 5.82. The van der Waals surface area contributed by atoms with Crippen LogP contribution >= 0.6 is 23.5 Å². The summed E-state index contributed by atoms with van der Waals surface area (Å²) in [7, 11) is 0. The zero-order valence-corrected chi connectivity index (χ0v) is 27.8. The van der Waals surface area contributed by atoms with Gasteiger partial charge in [-0.15, -0.1) is 23.5 Å². The number of Topliss-reactive ketones (excluding diaryl/α,β-unsaturated/α-hetero) is 1. The normalized spacial score (nSPS) is 22.2. The number of aryl methyl sites for hydroxylation is 1. The molecule has 3 heterocycles. The fourth-order valence-corrected chi connectivity index (χ4v) is 9.92. The van der Waals surface area contributed by atoms with Gasteiger partial charge >= 0.3 is 5.97 Å². The second-order valence-corrected chi connectivity index (χ2v) is 16.5. The van der Waals surface area contributed by atoms with Gasteiger partial charge in [-0.25, -0.2) is 4.79 Å². The first-order valence-electron chi connectivity index (χ1n) is 15.3. The van der Waals surface area contributed by atoms with Crippen molar-refractivity contribution in [1.29, 1.82) is 0 Å². The highest BCUT2D eigenvalue weighted by Crippen LogP contribution is 2.50. The summed E-state index contributed by atoms with van der Waals surface area (Å²) >= 11 is 3.45. The average Bonchev–Trinajstić information content (AvgIpc) is 3.47. The lowest BCUT2D eigenvalue weighted by molar-refractivity contribution is -0.150. The lowest BCUT2D eigenvalue weighted by Gasteiger charge is -2.37. The van der Waals surface area contributed by atoms with E-state index in [2.05, 4.69) is 15.6 Å². The van der Waals surface area contributed by atoms with Crippen LogP contribution < -0.4 is 10.6 Å². The number of likely N-dealkylation sites (tertiary alicyclic amines) is 1. The molecule has 1 aromatic heterocycles. The zero-order valence-electron chi connectivity index (χ0n) is 26.1. The third-order valence-corrected chi connectivity index (χ3v) is 12.4. The third-order valence-electron chi connectivity index (χ3n) is 9.05. The molecule has 1 saturated carbocycles. The van der Waals surface area contributed by atoms with Gasteiger partial charge < -0.3 is 25.6 Å². The van der Waals surface area contributed by atoms with Crippen molar-refractivity contribution in [1.82, 2.24) is 20.5 Å². The number of aromatic nitrogens is 1. The summed E-state index contributed by atoms with van der Waals surface area (Å²) in [5.74, 6) is -0.993. The maximum Gasteiger partial charge on any atom is 0.326 e. The van der Waals surface area contributed by atoms with Crippen LogP contribution in [0.5, 0.6) is 0 Å². The van der Waals surface area contributed by atoms with Gasteiger partial charge in [0.2, 0.25) is 11.8 Å². The van der Waals surface area contributed by atoms with Gasteiger partial charge in [0.05, 0.1) is 9.64 Å². The molecule has 10 nitrogen and oxygen atoms in total. The second kappa shape index (κ2) is 13.3. The van der Waals surface area contributed by atoms with Crippen LogP contribution in [0.2, 0.25) is 0 Å². The van der Waals surface area contributed by atoms with Gasteiger partial charge in [-0.3, -0.25) is 19.2 Å². The Balaban J connectivity index is 1.61. The summed E-state index contributed by atoms with van der Waals surface area (Å²) in [6, 6.07) is -2.88. The minimum atomic E-state index is -1.04. The molecule has 4 N–H and O–H groups in total. The van der Waals surface area contributed by atoms with E-state index < -0.39 is 47.2 Å². The van der Waals surface area contributed by atoms with Crippen LogP contribution in [0.1, 0.15) is 105 Å². The van der Waals surface area contributed by atoms with Gasteiger partial charge in [-0.1, -0.05) is 40.0 Å². The number of hydrogen-bond donors (Lipinski definition) is 4. The van der Waals surface area contributed by atoms with E-state index in [1.165, 1.54) is 11.8 Å². The Hall–Kier alpha value is -2.47. The molecule has 3 amide bonds. The fraction of sp³-hybridized carbons (Fsp3) is 0.710. The van der Waals surface area contributed by atoms with Crippen molar-refractivity contribution in [2.45, 2.75) is 109 Å². The number of H-pyrrole nitrogens is 1. The highest BCUT2D eigenvalue weighted by molar-refractivity contribution is 8.18.